The van der Waals surface area contributed by atoms with Gasteiger partial charge in [-0.2, -0.15) is 0 Å². The van der Waals surface area contributed by atoms with Crippen LogP contribution in [0.25, 0.3) is 11.1 Å². The van der Waals surface area contributed by atoms with E-state index in [4.69, 9.17) is 4.42 Å². The summed E-state index contributed by atoms with van der Waals surface area (Å²) < 4.78 is 5.78. The van der Waals surface area contributed by atoms with E-state index >= 15 is 0 Å². The van der Waals surface area contributed by atoms with E-state index in [0.29, 0.717) is 28.8 Å². The summed E-state index contributed by atoms with van der Waals surface area (Å²) in [7, 11) is 0. The second kappa shape index (κ2) is 4.96. The second-order valence-electron chi connectivity index (χ2n) is 8.36. The first kappa shape index (κ1) is 15.2. The van der Waals surface area contributed by atoms with Crippen LogP contribution in [0.15, 0.2) is 10.7 Å². The quantitative estimate of drug-likeness (QED) is 0.870. The number of anilines is 1. The molecule has 0 atom stereocenters. The molecule has 3 aliphatic carbocycles. The van der Waals surface area contributed by atoms with E-state index in [1.807, 2.05) is 6.92 Å². The third kappa shape index (κ3) is 2.41. The minimum Gasteiger partial charge on any atom is -0.442 e. The molecule has 0 bridgehead atoms. The minimum atomic E-state index is -0.0422. The number of furan rings is 1. The zero-order valence-electron chi connectivity index (χ0n) is 14.8. The Morgan fingerprint density at radius 1 is 1.24 bits per heavy atom. The van der Waals surface area contributed by atoms with Crippen molar-refractivity contribution in [2.45, 2.75) is 69.9 Å². The van der Waals surface area contributed by atoms with E-state index in [2.05, 4.69) is 27.5 Å². The lowest BCUT2D eigenvalue weighted by atomic mass is 9.78. The Balaban J connectivity index is 1.51. The fourth-order valence-corrected chi connectivity index (χ4v) is 4.03. The highest BCUT2D eigenvalue weighted by molar-refractivity contribution is 6.10. The van der Waals surface area contributed by atoms with Gasteiger partial charge in [0.05, 0.1) is 10.9 Å². The molecule has 2 N–H and O–H groups in total. The van der Waals surface area contributed by atoms with Crippen LogP contribution in [-0.4, -0.2) is 27.0 Å². The molecular weight excluding hydrogens is 316 g/mol. The average molecular weight is 340 g/mol. The van der Waals surface area contributed by atoms with Crippen LogP contribution in [0.1, 0.15) is 68.0 Å². The Bertz CT molecular complexity index is 860. The van der Waals surface area contributed by atoms with Gasteiger partial charge in [-0.1, -0.05) is 6.42 Å². The maximum atomic E-state index is 13.1. The van der Waals surface area contributed by atoms with Gasteiger partial charge in [0.25, 0.3) is 5.91 Å². The van der Waals surface area contributed by atoms with E-state index in [-0.39, 0.29) is 17.0 Å². The number of aryl methyl sites for hydroxylation is 1. The number of amides is 1. The Kier molecular flexibility index (Phi) is 3.01. The zero-order valence-corrected chi connectivity index (χ0v) is 14.8. The average Bonchev–Trinajstić information content (AvgIpc) is 3.38. The molecule has 0 spiro atoms. The first-order valence-corrected chi connectivity index (χ1v) is 9.35. The highest BCUT2D eigenvalue weighted by Gasteiger charge is 2.52. The molecule has 3 fully saturated rings. The van der Waals surface area contributed by atoms with Gasteiger partial charge in [0.1, 0.15) is 17.9 Å². The molecule has 6 nitrogen and oxygen atoms in total. The second-order valence-corrected chi connectivity index (χ2v) is 8.36. The van der Waals surface area contributed by atoms with Crippen LogP contribution in [0.2, 0.25) is 0 Å². The highest BCUT2D eigenvalue weighted by atomic mass is 16.3. The minimum absolute atomic E-state index is 0.0249. The molecule has 0 aromatic carbocycles. The molecule has 3 saturated carbocycles. The lowest BCUT2D eigenvalue weighted by molar-refractivity contribution is 0.0886. The van der Waals surface area contributed by atoms with E-state index in [9.17, 15) is 4.79 Å². The molecular formula is C19H24N4O2. The van der Waals surface area contributed by atoms with Crippen molar-refractivity contribution in [1.82, 2.24) is 15.3 Å². The highest BCUT2D eigenvalue weighted by Crippen LogP contribution is 2.51. The molecule has 3 aliphatic rings. The van der Waals surface area contributed by atoms with Crippen molar-refractivity contribution in [2.24, 2.45) is 5.92 Å². The lowest BCUT2D eigenvalue weighted by Gasteiger charge is -2.34. The number of hydrogen-bond acceptors (Lipinski definition) is 5. The van der Waals surface area contributed by atoms with E-state index in [0.717, 1.165) is 31.1 Å². The van der Waals surface area contributed by atoms with Gasteiger partial charge in [-0.15, -0.1) is 0 Å². The first-order chi connectivity index (χ1) is 12.0. The third-order valence-electron chi connectivity index (χ3n) is 6.35. The van der Waals surface area contributed by atoms with Crippen LogP contribution in [0, 0.1) is 12.8 Å². The number of carbonyl (C=O) groups is 1. The van der Waals surface area contributed by atoms with E-state index in [1.165, 1.54) is 25.6 Å². The lowest BCUT2D eigenvalue weighted by Crippen LogP contribution is -2.45. The SMILES string of the molecule is Cc1oc2ncnc(NC3(C)CC3)c2c1C(=O)NC1(C2CCC2)CC1. The Hall–Kier alpha value is -2.11. The molecule has 0 unspecified atom stereocenters. The van der Waals surface area contributed by atoms with Gasteiger partial charge in [0, 0.05) is 11.1 Å². The summed E-state index contributed by atoms with van der Waals surface area (Å²) in [5, 5.41) is 7.52. The molecule has 0 radical (unpaired) electrons. The topological polar surface area (TPSA) is 80.1 Å². The molecule has 2 heterocycles. The summed E-state index contributed by atoms with van der Waals surface area (Å²) in [5.74, 6) is 1.93. The van der Waals surface area contributed by atoms with Crippen LogP contribution < -0.4 is 10.6 Å². The molecule has 6 heteroatoms. The number of rotatable bonds is 5. The summed E-state index contributed by atoms with van der Waals surface area (Å²) in [6.07, 6.45) is 9.67. The van der Waals surface area contributed by atoms with Crippen molar-refractivity contribution in [3.05, 3.63) is 17.7 Å². The van der Waals surface area contributed by atoms with Gasteiger partial charge in [-0.3, -0.25) is 4.79 Å². The number of aromatic nitrogens is 2. The molecule has 2 aromatic heterocycles. The summed E-state index contributed by atoms with van der Waals surface area (Å²) in [5.41, 5.74) is 1.17. The normalized spacial score (nSPS) is 23.1. The number of nitrogens with zero attached hydrogens (tertiary/aromatic N) is 2. The first-order valence-electron chi connectivity index (χ1n) is 9.35. The standard InChI is InChI=1S/C19H24N4O2/c1-11-13(16(24)23-19(8-9-19)12-4-3-5-12)14-15(22-18(2)6-7-18)20-10-21-17(14)25-11/h10,12H,3-9H2,1-2H3,(H,23,24)(H,20,21,22). The van der Waals surface area contributed by atoms with Crippen LogP contribution in [0.5, 0.6) is 0 Å². The number of carbonyl (C=O) groups excluding carboxylic acids is 1. The van der Waals surface area contributed by atoms with Crippen molar-refractivity contribution < 1.29 is 9.21 Å². The third-order valence-corrected chi connectivity index (χ3v) is 6.35. The Morgan fingerprint density at radius 2 is 2.00 bits per heavy atom. The summed E-state index contributed by atoms with van der Waals surface area (Å²) in [6, 6.07) is 0. The fraction of sp³-hybridized carbons (Fsp3) is 0.632. The maximum Gasteiger partial charge on any atom is 0.256 e. The van der Waals surface area contributed by atoms with Gasteiger partial charge in [0.15, 0.2) is 0 Å². The molecule has 5 rings (SSSR count). The fourth-order valence-electron chi connectivity index (χ4n) is 4.03. The number of nitrogens with one attached hydrogen (secondary N) is 2. The Labute approximate surface area is 146 Å². The van der Waals surface area contributed by atoms with Crippen LogP contribution in [0.4, 0.5) is 5.82 Å². The van der Waals surface area contributed by atoms with Gasteiger partial charge >= 0.3 is 0 Å². The van der Waals surface area contributed by atoms with Gasteiger partial charge < -0.3 is 15.1 Å². The summed E-state index contributed by atoms with van der Waals surface area (Å²) in [6.45, 7) is 4.01. The van der Waals surface area contributed by atoms with E-state index in [1.54, 1.807) is 0 Å². The molecule has 132 valence electrons. The Morgan fingerprint density at radius 3 is 2.60 bits per heavy atom. The van der Waals surface area contributed by atoms with Crippen molar-refractivity contribution in [2.75, 3.05) is 5.32 Å². The van der Waals surface area contributed by atoms with Crippen molar-refractivity contribution in [3.63, 3.8) is 0 Å². The van der Waals surface area contributed by atoms with Crippen molar-refractivity contribution in [3.8, 4) is 0 Å². The van der Waals surface area contributed by atoms with E-state index < -0.39 is 0 Å². The van der Waals surface area contributed by atoms with Crippen molar-refractivity contribution in [1.29, 1.82) is 0 Å². The predicted molar refractivity (Wildman–Crippen MR) is 94.6 cm³/mol. The zero-order chi connectivity index (χ0) is 17.2. The molecule has 1 amide bonds. The predicted octanol–water partition coefficient (Wildman–Crippen LogP) is 3.56. The smallest absolute Gasteiger partial charge is 0.256 e. The monoisotopic (exact) mass is 340 g/mol. The molecule has 0 saturated heterocycles. The van der Waals surface area contributed by atoms with Gasteiger partial charge in [-0.25, -0.2) is 9.97 Å². The summed E-state index contributed by atoms with van der Waals surface area (Å²) in [4.78, 5) is 21.8. The van der Waals surface area contributed by atoms with Gasteiger partial charge in [-0.05, 0) is 58.3 Å². The van der Waals surface area contributed by atoms with Crippen LogP contribution in [-0.2, 0) is 0 Å². The van der Waals surface area contributed by atoms with Gasteiger partial charge in [0.2, 0.25) is 5.71 Å². The number of hydrogen-bond donors (Lipinski definition) is 2. The maximum absolute atomic E-state index is 13.1. The summed E-state index contributed by atoms with van der Waals surface area (Å²) >= 11 is 0. The van der Waals surface area contributed by atoms with Crippen LogP contribution in [0.3, 0.4) is 0 Å². The number of fused-ring (bicyclic) bond motifs is 1. The molecule has 0 aliphatic heterocycles. The largest absolute Gasteiger partial charge is 0.442 e. The van der Waals surface area contributed by atoms with Crippen molar-refractivity contribution >= 4 is 22.8 Å². The molecule has 2 aromatic rings. The van der Waals surface area contributed by atoms with Crippen LogP contribution >= 0.6 is 0 Å². The molecule has 25 heavy (non-hydrogen) atoms.